The Labute approximate surface area is 144 Å². The molecule has 0 aliphatic carbocycles. The number of rotatable bonds is 5. The predicted molar refractivity (Wildman–Crippen MR) is 93.8 cm³/mol. The number of aromatic amines is 1. The number of H-pyrrole nitrogens is 1. The summed E-state index contributed by atoms with van der Waals surface area (Å²) < 4.78 is 5.09. The van der Waals surface area contributed by atoms with Gasteiger partial charge in [-0.15, -0.1) is 0 Å². The molecule has 0 atom stereocenters. The van der Waals surface area contributed by atoms with Crippen molar-refractivity contribution in [1.82, 2.24) is 21.2 Å². The number of nitrogens with one attached hydrogen (secondary N) is 4. The van der Waals surface area contributed by atoms with Crippen LogP contribution in [0.15, 0.2) is 36.5 Å². The van der Waals surface area contributed by atoms with Gasteiger partial charge in [-0.2, -0.15) is 0 Å². The SMILES string of the molecule is COc1ccc(CNC(=S)NNC(=O)c2cc(C(C)=O)c[nH]2)cc1. The first-order valence-electron chi connectivity index (χ1n) is 7.16. The van der Waals surface area contributed by atoms with Gasteiger partial charge >= 0.3 is 0 Å². The van der Waals surface area contributed by atoms with Crippen LogP contribution in [0.3, 0.4) is 0 Å². The number of Topliss-reactive ketones (excluding diaryl/α,β-unsaturated/α-hetero) is 1. The number of ketones is 1. The number of hydrazine groups is 1. The minimum absolute atomic E-state index is 0.116. The number of carbonyl (C=O) groups excluding carboxylic acids is 2. The third-order valence-electron chi connectivity index (χ3n) is 3.24. The summed E-state index contributed by atoms with van der Waals surface area (Å²) in [6, 6.07) is 9.01. The quantitative estimate of drug-likeness (QED) is 0.373. The van der Waals surface area contributed by atoms with E-state index in [4.69, 9.17) is 17.0 Å². The molecule has 0 aliphatic rings. The molecule has 7 nitrogen and oxygen atoms in total. The summed E-state index contributed by atoms with van der Waals surface area (Å²) >= 11 is 5.09. The van der Waals surface area contributed by atoms with Gasteiger partial charge in [0, 0.05) is 18.3 Å². The maximum absolute atomic E-state index is 11.9. The molecule has 2 rings (SSSR count). The van der Waals surface area contributed by atoms with E-state index in [-0.39, 0.29) is 16.6 Å². The topological polar surface area (TPSA) is 95.2 Å². The molecule has 0 saturated heterocycles. The number of aromatic nitrogens is 1. The lowest BCUT2D eigenvalue weighted by atomic mass is 10.2. The van der Waals surface area contributed by atoms with E-state index < -0.39 is 5.91 Å². The van der Waals surface area contributed by atoms with Gasteiger partial charge in [0.05, 0.1) is 7.11 Å². The molecule has 0 unspecified atom stereocenters. The van der Waals surface area contributed by atoms with Gasteiger partial charge in [-0.1, -0.05) is 12.1 Å². The van der Waals surface area contributed by atoms with Crippen molar-refractivity contribution >= 4 is 29.0 Å². The smallest absolute Gasteiger partial charge is 0.286 e. The Morgan fingerprint density at radius 1 is 1.21 bits per heavy atom. The largest absolute Gasteiger partial charge is 0.497 e. The van der Waals surface area contributed by atoms with Gasteiger partial charge in [-0.25, -0.2) is 0 Å². The van der Waals surface area contributed by atoms with Crippen molar-refractivity contribution in [3.8, 4) is 5.75 Å². The van der Waals surface area contributed by atoms with Crippen LogP contribution in [0.4, 0.5) is 0 Å². The minimum Gasteiger partial charge on any atom is -0.497 e. The second-order valence-corrected chi connectivity index (χ2v) is 5.38. The van der Waals surface area contributed by atoms with Crippen LogP contribution < -0.4 is 20.9 Å². The Hall–Kier alpha value is -2.87. The first kappa shape index (κ1) is 17.5. The van der Waals surface area contributed by atoms with Crippen LogP contribution in [0.5, 0.6) is 5.75 Å². The molecule has 0 aliphatic heterocycles. The van der Waals surface area contributed by atoms with Gasteiger partial charge in [0.15, 0.2) is 10.9 Å². The number of thiocarbonyl (C=S) groups is 1. The Morgan fingerprint density at radius 3 is 2.50 bits per heavy atom. The third-order valence-corrected chi connectivity index (χ3v) is 3.48. The molecule has 0 fully saturated rings. The molecule has 0 spiro atoms. The summed E-state index contributed by atoms with van der Waals surface area (Å²) in [5.74, 6) is 0.244. The average Bonchev–Trinajstić information content (AvgIpc) is 3.08. The third kappa shape index (κ3) is 4.82. The Balaban J connectivity index is 1.77. The fourth-order valence-corrected chi connectivity index (χ4v) is 2.00. The van der Waals surface area contributed by atoms with Crippen molar-refractivity contribution < 1.29 is 14.3 Å². The van der Waals surface area contributed by atoms with Crippen LogP contribution in [0.2, 0.25) is 0 Å². The summed E-state index contributed by atoms with van der Waals surface area (Å²) in [5.41, 5.74) is 6.78. The maximum Gasteiger partial charge on any atom is 0.286 e. The van der Waals surface area contributed by atoms with Crippen LogP contribution in [0.25, 0.3) is 0 Å². The number of methoxy groups -OCH3 is 1. The van der Waals surface area contributed by atoms with Gasteiger partial charge < -0.3 is 15.0 Å². The van der Waals surface area contributed by atoms with E-state index in [1.165, 1.54) is 19.2 Å². The van der Waals surface area contributed by atoms with Crippen molar-refractivity contribution in [3.63, 3.8) is 0 Å². The molecule has 2 aromatic rings. The molecule has 1 aromatic heterocycles. The van der Waals surface area contributed by atoms with Crippen molar-refractivity contribution in [2.75, 3.05) is 7.11 Å². The highest BCUT2D eigenvalue weighted by atomic mass is 32.1. The minimum atomic E-state index is -0.420. The molecule has 0 radical (unpaired) electrons. The average molecular weight is 346 g/mol. The van der Waals surface area contributed by atoms with Gasteiger partial charge in [-0.3, -0.25) is 20.4 Å². The second-order valence-electron chi connectivity index (χ2n) is 4.97. The first-order valence-corrected chi connectivity index (χ1v) is 7.57. The summed E-state index contributed by atoms with van der Waals surface area (Å²) in [6.45, 7) is 1.93. The summed E-state index contributed by atoms with van der Waals surface area (Å²) in [4.78, 5) is 25.8. The Morgan fingerprint density at radius 2 is 1.92 bits per heavy atom. The van der Waals surface area contributed by atoms with Gasteiger partial charge in [0.1, 0.15) is 11.4 Å². The summed E-state index contributed by atoms with van der Waals surface area (Å²) in [6.07, 6.45) is 1.48. The molecule has 0 bridgehead atoms. The monoisotopic (exact) mass is 346 g/mol. The first-order chi connectivity index (χ1) is 11.5. The molecule has 4 N–H and O–H groups in total. The molecular formula is C16H18N4O3S. The fourth-order valence-electron chi connectivity index (χ4n) is 1.88. The lowest BCUT2D eigenvalue weighted by Crippen LogP contribution is -2.46. The summed E-state index contributed by atoms with van der Waals surface area (Å²) in [7, 11) is 1.61. The zero-order chi connectivity index (χ0) is 17.5. The molecule has 0 saturated carbocycles. The van der Waals surface area contributed by atoms with Gasteiger partial charge in [-0.05, 0) is 42.9 Å². The number of ether oxygens (including phenoxy) is 1. The molecule has 126 valence electrons. The predicted octanol–water partition coefficient (Wildman–Crippen LogP) is 1.53. The van der Waals surface area contributed by atoms with E-state index in [9.17, 15) is 9.59 Å². The number of amides is 1. The van der Waals surface area contributed by atoms with Gasteiger partial charge in [0.2, 0.25) is 0 Å². The van der Waals surface area contributed by atoms with Crippen LogP contribution >= 0.6 is 12.2 Å². The Bertz CT molecular complexity index is 740. The zero-order valence-corrected chi connectivity index (χ0v) is 14.1. The zero-order valence-electron chi connectivity index (χ0n) is 13.3. The lowest BCUT2D eigenvalue weighted by Gasteiger charge is -2.11. The van der Waals surface area contributed by atoms with E-state index >= 15 is 0 Å². The lowest BCUT2D eigenvalue weighted by molar-refractivity contribution is 0.0939. The van der Waals surface area contributed by atoms with E-state index in [2.05, 4.69) is 21.2 Å². The van der Waals surface area contributed by atoms with E-state index in [1.54, 1.807) is 7.11 Å². The molecule has 8 heteroatoms. The Kier molecular flexibility index (Phi) is 5.91. The highest BCUT2D eigenvalue weighted by Crippen LogP contribution is 2.10. The van der Waals surface area contributed by atoms with E-state index in [0.29, 0.717) is 12.1 Å². The van der Waals surface area contributed by atoms with Gasteiger partial charge in [0.25, 0.3) is 5.91 Å². The normalized spacial score (nSPS) is 9.92. The standard InChI is InChI=1S/C16H18N4O3S/c1-10(21)12-7-14(17-9-12)15(22)19-20-16(24)18-8-11-3-5-13(23-2)6-4-11/h3-7,9,17H,8H2,1-2H3,(H,19,22)(H2,18,20,24). The van der Waals surface area contributed by atoms with Crippen LogP contribution in [0, 0.1) is 0 Å². The highest BCUT2D eigenvalue weighted by Gasteiger charge is 2.10. The maximum atomic E-state index is 11.9. The highest BCUT2D eigenvalue weighted by molar-refractivity contribution is 7.80. The van der Waals surface area contributed by atoms with Crippen LogP contribution in [-0.4, -0.2) is 28.9 Å². The molecular weight excluding hydrogens is 328 g/mol. The van der Waals surface area contributed by atoms with Crippen LogP contribution in [-0.2, 0) is 6.54 Å². The number of hydrogen-bond acceptors (Lipinski definition) is 4. The van der Waals surface area contributed by atoms with Crippen molar-refractivity contribution in [3.05, 3.63) is 53.3 Å². The molecule has 1 aromatic carbocycles. The van der Waals surface area contributed by atoms with E-state index in [1.807, 2.05) is 24.3 Å². The summed E-state index contributed by atoms with van der Waals surface area (Å²) in [5, 5.41) is 3.24. The number of benzene rings is 1. The molecule has 1 heterocycles. The second kappa shape index (κ2) is 8.11. The fraction of sp³-hybridized carbons (Fsp3) is 0.188. The van der Waals surface area contributed by atoms with Crippen molar-refractivity contribution in [1.29, 1.82) is 0 Å². The molecule has 24 heavy (non-hydrogen) atoms. The number of carbonyl (C=O) groups is 2. The number of hydrogen-bond donors (Lipinski definition) is 4. The van der Waals surface area contributed by atoms with Crippen molar-refractivity contribution in [2.45, 2.75) is 13.5 Å². The van der Waals surface area contributed by atoms with Crippen LogP contribution in [0.1, 0.15) is 33.3 Å². The van der Waals surface area contributed by atoms with E-state index in [0.717, 1.165) is 11.3 Å². The van der Waals surface area contributed by atoms with Crippen molar-refractivity contribution in [2.24, 2.45) is 0 Å². The molecule has 1 amide bonds.